The van der Waals surface area contributed by atoms with Gasteiger partial charge in [-0.05, 0) is 32.2 Å². The second-order valence-electron chi connectivity index (χ2n) is 4.72. The average Bonchev–Trinajstić information content (AvgIpc) is 2.47. The van der Waals surface area contributed by atoms with E-state index in [9.17, 15) is 0 Å². The summed E-state index contributed by atoms with van der Waals surface area (Å²) in [6.45, 7) is 8.47. The summed E-state index contributed by atoms with van der Waals surface area (Å²) in [4.78, 5) is 0. The van der Waals surface area contributed by atoms with Gasteiger partial charge in [-0.2, -0.15) is 0 Å². The summed E-state index contributed by atoms with van der Waals surface area (Å²) >= 11 is 0. The molecule has 0 fully saturated rings. The molecule has 20 heavy (non-hydrogen) atoms. The van der Waals surface area contributed by atoms with E-state index in [1.807, 2.05) is 0 Å². The Morgan fingerprint density at radius 2 is 1.35 bits per heavy atom. The fourth-order valence-corrected chi connectivity index (χ4v) is 1.60. The zero-order valence-corrected chi connectivity index (χ0v) is 13.1. The van der Waals surface area contributed by atoms with Crippen molar-refractivity contribution in [3.05, 3.63) is 0 Å². The number of rotatable bonds is 17. The Morgan fingerprint density at radius 3 is 2.00 bits per heavy atom. The zero-order valence-electron chi connectivity index (χ0n) is 13.1. The van der Waals surface area contributed by atoms with Crippen molar-refractivity contribution in [3.8, 4) is 0 Å². The van der Waals surface area contributed by atoms with Gasteiger partial charge in [0.1, 0.15) is 0 Å². The van der Waals surface area contributed by atoms with Crippen LogP contribution in [0.15, 0.2) is 0 Å². The molecule has 0 saturated heterocycles. The Labute approximate surface area is 124 Å². The van der Waals surface area contributed by atoms with Crippen molar-refractivity contribution >= 4 is 0 Å². The molecular formula is C15H33NO4. The monoisotopic (exact) mass is 291 g/mol. The molecule has 0 aromatic carbocycles. The molecule has 122 valence electrons. The molecule has 0 aliphatic carbocycles. The topological polar surface area (TPSA) is 60.0 Å². The predicted molar refractivity (Wildman–Crippen MR) is 81.2 cm³/mol. The molecule has 0 aliphatic rings. The molecule has 0 aromatic heterocycles. The van der Waals surface area contributed by atoms with Crippen molar-refractivity contribution < 1.29 is 19.3 Å². The van der Waals surface area contributed by atoms with Crippen LogP contribution in [-0.4, -0.2) is 64.4 Å². The molecule has 5 nitrogen and oxygen atoms in total. The minimum Gasteiger partial charge on any atom is -0.396 e. The van der Waals surface area contributed by atoms with E-state index in [1.165, 1.54) is 6.42 Å². The largest absolute Gasteiger partial charge is 0.396 e. The van der Waals surface area contributed by atoms with Crippen molar-refractivity contribution in [2.24, 2.45) is 0 Å². The minimum atomic E-state index is 0.298. The van der Waals surface area contributed by atoms with Gasteiger partial charge in [0.15, 0.2) is 0 Å². The third kappa shape index (κ3) is 17.8. The van der Waals surface area contributed by atoms with Crippen LogP contribution < -0.4 is 5.32 Å². The van der Waals surface area contributed by atoms with Crippen molar-refractivity contribution in [1.29, 1.82) is 0 Å². The van der Waals surface area contributed by atoms with E-state index in [2.05, 4.69) is 12.2 Å². The normalized spacial score (nSPS) is 11.1. The van der Waals surface area contributed by atoms with Gasteiger partial charge >= 0.3 is 0 Å². The predicted octanol–water partition coefficient (Wildman–Crippen LogP) is 1.59. The highest BCUT2D eigenvalue weighted by Crippen LogP contribution is 1.91. The summed E-state index contributed by atoms with van der Waals surface area (Å²) in [6.07, 6.45) is 5.39. The Hall–Kier alpha value is -0.200. The van der Waals surface area contributed by atoms with E-state index in [0.29, 0.717) is 33.0 Å². The number of ether oxygens (including phenoxy) is 3. The molecule has 0 saturated carbocycles. The Morgan fingerprint density at radius 1 is 0.700 bits per heavy atom. The van der Waals surface area contributed by atoms with Gasteiger partial charge in [0.05, 0.1) is 33.0 Å². The van der Waals surface area contributed by atoms with Crippen LogP contribution in [0.1, 0.15) is 39.0 Å². The van der Waals surface area contributed by atoms with Crippen LogP contribution in [0.2, 0.25) is 0 Å². The maximum Gasteiger partial charge on any atom is 0.0701 e. The number of aliphatic hydroxyl groups is 1. The van der Waals surface area contributed by atoms with Crippen LogP contribution >= 0.6 is 0 Å². The van der Waals surface area contributed by atoms with Gasteiger partial charge in [-0.3, -0.25) is 0 Å². The third-order valence-corrected chi connectivity index (χ3v) is 2.82. The lowest BCUT2D eigenvalue weighted by Crippen LogP contribution is -2.22. The van der Waals surface area contributed by atoms with Crippen molar-refractivity contribution in [3.63, 3.8) is 0 Å². The standard InChI is InChI=1S/C15H33NO4/c1-2-3-10-18-12-14-20-15-13-19-11-8-16-7-5-4-6-9-17/h16-17H,2-15H2,1H3. The first kappa shape index (κ1) is 19.8. The molecule has 0 rings (SSSR count). The van der Waals surface area contributed by atoms with E-state index >= 15 is 0 Å². The van der Waals surface area contributed by atoms with Gasteiger partial charge in [-0.1, -0.05) is 13.3 Å². The molecular weight excluding hydrogens is 258 g/mol. The van der Waals surface area contributed by atoms with Gasteiger partial charge in [-0.15, -0.1) is 0 Å². The molecule has 0 unspecified atom stereocenters. The van der Waals surface area contributed by atoms with Crippen LogP contribution in [0, 0.1) is 0 Å². The Kier molecular flexibility index (Phi) is 18.6. The molecule has 0 amide bonds. The van der Waals surface area contributed by atoms with Gasteiger partial charge in [-0.25, -0.2) is 0 Å². The number of unbranched alkanes of at least 4 members (excludes halogenated alkanes) is 3. The van der Waals surface area contributed by atoms with Crippen LogP contribution in [0.3, 0.4) is 0 Å². The van der Waals surface area contributed by atoms with Crippen molar-refractivity contribution in [2.45, 2.75) is 39.0 Å². The van der Waals surface area contributed by atoms with Gasteiger partial charge in [0.2, 0.25) is 0 Å². The second kappa shape index (κ2) is 18.8. The molecule has 0 aromatic rings. The van der Waals surface area contributed by atoms with Gasteiger partial charge in [0.25, 0.3) is 0 Å². The molecule has 0 spiro atoms. The van der Waals surface area contributed by atoms with Gasteiger partial charge in [0, 0.05) is 19.8 Å². The fourth-order valence-electron chi connectivity index (χ4n) is 1.60. The molecule has 5 heteroatoms. The first-order valence-corrected chi connectivity index (χ1v) is 7.96. The van der Waals surface area contributed by atoms with E-state index in [0.717, 1.165) is 52.0 Å². The maximum absolute atomic E-state index is 8.62. The number of nitrogens with one attached hydrogen (secondary N) is 1. The lowest BCUT2D eigenvalue weighted by atomic mass is 10.2. The van der Waals surface area contributed by atoms with Crippen LogP contribution in [0.25, 0.3) is 0 Å². The molecule has 0 aliphatic heterocycles. The second-order valence-corrected chi connectivity index (χ2v) is 4.72. The highest BCUT2D eigenvalue weighted by molar-refractivity contribution is 4.48. The SMILES string of the molecule is CCCCOCCOCCOCCNCCCCCO. The lowest BCUT2D eigenvalue weighted by Gasteiger charge is -2.07. The molecule has 0 atom stereocenters. The summed E-state index contributed by atoms with van der Waals surface area (Å²) in [5.41, 5.74) is 0. The van der Waals surface area contributed by atoms with Crippen molar-refractivity contribution in [2.75, 3.05) is 59.3 Å². The quantitative estimate of drug-likeness (QED) is 0.399. The lowest BCUT2D eigenvalue weighted by molar-refractivity contribution is 0.0146. The molecule has 0 heterocycles. The number of hydrogen-bond donors (Lipinski definition) is 2. The summed E-state index contributed by atoms with van der Waals surface area (Å²) in [5.74, 6) is 0. The molecule has 2 N–H and O–H groups in total. The summed E-state index contributed by atoms with van der Waals surface area (Å²) in [6, 6.07) is 0. The minimum absolute atomic E-state index is 0.298. The molecule has 0 bridgehead atoms. The Balaban J connectivity index is 2.89. The summed E-state index contributed by atoms with van der Waals surface area (Å²) < 4.78 is 16.2. The highest BCUT2D eigenvalue weighted by Gasteiger charge is 1.92. The average molecular weight is 291 g/mol. The third-order valence-electron chi connectivity index (χ3n) is 2.82. The highest BCUT2D eigenvalue weighted by atomic mass is 16.5. The summed E-state index contributed by atoms with van der Waals surface area (Å²) in [7, 11) is 0. The first-order chi connectivity index (χ1) is 9.91. The van der Waals surface area contributed by atoms with Crippen LogP contribution in [0.5, 0.6) is 0 Å². The number of aliphatic hydroxyl groups excluding tert-OH is 1. The van der Waals surface area contributed by atoms with E-state index in [-0.39, 0.29) is 0 Å². The van der Waals surface area contributed by atoms with Crippen LogP contribution in [0.4, 0.5) is 0 Å². The van der Waals surface area contributed by atoms with E-state index in [4.69, 9.17) is 19.3 Å². The molecule has 0 radical (unpaired) electrons. The Bertz CT molecular complexity index is 152. The van der Waals surface area contributed by atoms with Gasteiger partial charge < -0.3 is 24.6 Å². The summed E-state index contributed by atoms with van der Waals surface area (Å²) in [5, 5.41) is 11.9. The van der Waals surface area contributed by atoms with Crippen LogP contribution in [-0.2, 0) is 14.2 Å². The van der Waals surface area contributed by atoms with E-state index in [1.54, 1.807) is 0 Å². The van der Waals surface area contributed by atoms with Crippen molar-refractivity contribution in [1.82, 2.24) is 5.32 Å². The zero-order chi connectivity index (χ0) is 14.7. The first-order valence-electron chi connectivity index (χ1n) is 7.96. The maximum atomic E-state index is 8.62. The van der Waals surface area contributed by atoms with E-state index < -0.39 is 0 Å². The fraction of sp³-hybridized carbons (Fsp3) is 1.00. The number of hydrogen-bond acceptors (Lipinski definition) is 5. The smallest absolute Gasteiger partial charge is 0.0701 e.